The number of thioether (sulfide) groups is 1. The highest BCUT2D eigenvalue weighted by Gasteiger charge is 2.31. The number of alkyl halides is 3. The van der Waals surface area contributed by atoms with E-state index in [0.717, 1.165) is 22.6 Å². The van der Waals surface area contributed by atoms with Gasteiger partial charge in [0.2, 0.25) is 5.95 Å². The normalized spacial score (nSPS) is 11.2. The largest absolute Gasteiger partial charge is 0.465 e. The molecule has 31 heavy (non-hydrogen) atoms. The van der Waals surface area contributed by atoms with Gasteiger partial charge in [0.15, 0.2) is 0 Å². The van der Waals surface area contributed by atoms with Crippen LogP contribution in [-0.2, 0) is 19.3 Å². The van der Waals surface area contributed by atoms with Crippen LogP contribution in [0, 0.1) is 0 Å². The van der Waals surface area contributed by atoms with E-state index >= 15 is 0 Å². The van der Waals surface area contributed by atoms with E-state index in [1.165, 1.54) is 23.9 Å². The summed E-state index contributed by atoms with van der Waals surface area (Å²) < 4.78 is 39.1. The minimum Gasteiger partial charge on any atom is -0.465 e. The molecule has 2 N–H and O–H groups in total. The Balaban J connectivity index is 1.85. The van der Waals surface area contributed by atoms with Crippen LogP contribution in [0.2, 0.25) is 0 Å². The number of rotatable bonds is 7. The van der Waals surface area contributed by atoms with Gasteiger partial charge in [-0.2, -0.15) is 13.2 Å². The van der Waals surface area contributed by atoms with E-state index in [-0.39, 0.29) is 12.2 Å². The van der Waals surface area contributed by atoms with Gasteiger partial charge in [0, 0.05) is 12.2 Å². The van der Waals surface area contributed by atoms with Gasteiger partial charge in [-0.1, -0.05) is 36.4 Å². The van der Waals surface area contributed by atoms with Gasteiger partial charge in [0.25, 0.3) is 0 Å². The minimum atomic E-state index is -4.57. The molecule has 162 valence electrons. The summed E-state index contributed by atoms with van der Waals surface area (Å²) in [6, 6.07) is 15.4. The number of carbonyl (C=O) groups is 1. The fraction of sp³-hybridized carbons (Fsp3) is 0.190. The lowest BCUT2D eigenvalue weighted by Crippen LogP contribution is -2.29. The number of carboxylic acid groups (broad SMARTS) is 1. The smallest absolute Gasteiger partial charge is 0.416 e. The lowest BCUT2D eigenvalue weighted by Gasteiger charge is -2.20. The molecule has 0 aliphatic rings. The quantitative estimate of drug-likeness (QED) is 0.366. The first kappa shape index (κ1) is 22.4. The van der Waals surface area contributed by atoms with Gasteiger partial charge in [0.1, 0.15) is 5.03 Å². The van der Waals surface area contributed by atoms with Gasteiger partial charge in [-0.05, 0) is 36.1 Å². The molecule has 10 heteroatoms. The van der Waals surface area contributed by atoms with Crippen molar-refractivity contribution in [3.8, 4) is 0 Å². The standard InChI is InChI=1S/C21H19F3N4O2S/c1-31-18-11-16(26-19(27-18)25-12-14-6-3-2-4-7-14)13-28(20(29)30)17-9-5-8-15(10-17)21(22,23)24/h2-11H,12-13H2,1H3,(H,29,30)(H,25,26,27). The number of halogens is 3. The summed E-state index contributed by atoms with van der Waals surface area (Å²) >= 11 is 1.35. The fourth-order valence-corrected chi connectivity index (χ4v) is 3.23. The second-order valence-electron chi connectivity index (χ2n) is 6.48. The summed E-state index contributed by atoms with van der Waals surface area (Å²) in [5.74, 6) is 0.306. The van der Waals surface area contributed by atoms with Crippen molar-refractivity contribution < 1.29 is 23.1 Å². The van der Waals surface area contributed by atoms with Crippen molar-refractivity contribution in [1.29, 1.82) is 0 Å². The molecule has 1 amide bonds. The third-order valence-corrected chi connectivity index (χ3v) is 4.92. The Labute approximate surface area is 181 Å². The third kappa shape index (κ3) is 6.11. The van der Waals surface area contributed by atoms with Gasteiger partial charge in [0.05, 0.1) is 17.8 Å². The maximum atomic E-state index is 13.0. The van der Waals surface area contributed by atoms with E-state index in [0.29, 0.717) is 23.2 Å². The number of anilines is 2. The summed E-state index contributed by atoms with van der Waals surface area (Å²) in [5, 5.41) is 13.3. The molecular weight excluding hydrogens is 429 g/mol. The molecule has 0 saturated heterocycles. The molecule has 1 heterocycles. The summed E-state index contributed by atoms with van der Waals surface area (Å²) in [5.41, 5.74) is 0.354. The number of nitrogens with one attached hydrogen (secondary N) is 1. The third-order valence-electron chi connectivity index (χ3n) is 4.29. The maximum Gasteiger partial charge on any atom is 0.416 e. The van der Waals surface area contributed by atoms with Gasteiger partial charge >= 0.3 is 12.3 Å². The molecular formula is C21H19F3N4O2S. The van der Waals surface area contributed by atoms with Crippen LogP contribution in [0.5, 0.6) is 0 Å². The lowest BCUT2D eigenvalue weighted by molar-refractivity contribution is -0.137. The fourth-order valence-electron chi connectivity index (χ4n) is 2.80. The topological polar surface area (TPSA) is 78.4 Å². The maximum absolute atomic E-state index is 13.0. The van der Waals surface area contributed by atoms with E-state index in [9.17, 15) is 23.1 Å². The molecule has 0 aliphatic carbocycles. The van der Waals surface area contributed by atoms with Crippen molar-refractivity contribution in [1.82, 2.24) is 9.97 Å². The van der Waals surface area contributed by atoms with E-state index in [1.54, 1.807) is 6.07 Å². The van der Waals surface area contributed by atoms with E-state index in [4.69, 9.17) is 0 Å². The molecule has 3 rings (SSSR count). The molecule has 6 nitrogen and oxygen atoms in total. The molecule has 2 aromatic carbocycles. The second-order valence-corrected chi connectivity index (χ2v) is 7.31. The highest BCUT2D eigenvalue weighted by atomic mass is 32.2. The van der Waals surface area contributed by atoms with Crippen LogP contribution in [0.4, 0.5) is 29.6 Å². The summed E-state index contributed by atoms with van der Waals surface area (Å²) in [7, 11) is 0. The van der Waals surface area contributed by atoms with Crippen LogP contribution in [-0.4, -0.2) is 27.4 Å². The monoisotopic (exact) mass is 448 g/mol. The molecule has 3 aromatic rings. The van der Waals surface area contributed by atoms with Gasteiger partial charge in [-0.25, -0.2) is 14.8 Å². The lowest BCUT2D eigenvalue weighted by atomic mass is 10.2. The second kappa shape index (κ2) is 9.69. The molecule has 0 saturated carbocycles. The van der Waals surface area contributed by atoms with Crippen molar-refractivity contribution in [3.05, 3.63) is 77.5 Å². The van der Waals surface area contributed by atoms with Crippen LogP contribution in [0.25, 0.3) is 0 Å². The zero-order valence-corrected chi connectivity index (χ0v) is 17.2. The number of amides is 1. The first-order valence-corrected chi connectivity index (χ1v) is 10.4. The molecule has 0 atom stereocenters. The summed E-state index contributed by atoms with van der Waals surface area (Å²) in [4.78, 5) is 21.3. The van der Waals surface area contributed by atoms with Crippen molar-refractivity contribution in [2.45, 2.75) is 24.3 Å². The summed E-state index contributed by atoms with van der Waals surface area (Å²) in [6.07, 6.45) is -4.15. The van der Waals surface area contributed by atoms with Crippen molar-refractivity contribution in [2.75, 3.05) is 16.5 Å². The minimum absolute atomic E-state index is 0.0922. The van der Waals surface area contributed by atoms with Gasteiger partial charge in [-0.15, -0.1) is 11.8 Å². The van der Waals surface area contributed by atoms with Crippen LogP contribution >= 0.6 is 11.8 Å². The molecule has 0 radical (unpaired) electrons. The Hall–Kier alpha value is -3.27. The Morgan fingerprint density at radius 2 is 1.84 bits per heavy atom. The number of hydrogen-bond acceptors (Lipinski definition) is 5. The Kier molecular flexibility index (Phi) is 7.01. The van der Waals surface area contributed by atoms with Crippen LogP contribution in [0.1, 0.15) is 16.8 Å². The molecule has 0 fully saturated rings. The Bertz CT molecular complexity index is 1050. The number of hydrogen-bond donors (Lipinski definition) is 2. The first-order chi connectivity index (χ1) is 14.8. The SMILES string of the molecule is CSc1cc(CN(C(=O)O)c2cccc(C(F)(F)F)c2)nc(NCc2ccccc2)n1. The molecule has 0 spiro atoms. The summed E-state index contributed by atoms with van der Waals surface area (Å²) in [6.45, 7) is 0.237. The molecule has 0 unspecified atom stereocenters. The number of benzene rings is 2. The van der Waals surface area contributed by atoms with Gasteiger partial charge in [-0.3, -0.25) is 4.90 Å². The average molecular weight is 448 g/mol. The highest BCUT2D eigenvalue weighted by molar-refractivity contribution is 7.98. The van der Waals surface area contributed by atoms with Crippen LogP contribution in [0.3, 0.4) is 0 Å². The number of aromatic nitrogens is 2. The highest BCUT2D eigenvalue weighted by Crippen LogP contribution is 2.32. The first-order valence-electron chi connectivity index (χ1n) is 9.13. The van der Waals surface area contributed by atoms with Crippen LogP contribution < -0.4 is 10.2 Å². The predicted molar refractivity (Wildman–Crippen MR) is 113 cm³/mol. The zero-order chi connectivity index (χ0) is 22.4. The van der Waals surface area contributed by atoms with E-state index < -0.39 is 17.8 Å². The van der Waals surface area contributed by atoms with Crippen molar-refractivity contribution >= 4 is 29.5 Å². The molecule has 0 bridgehead atoms. The van der Waals surface area contributed by atoms with E-state index in [1.807, 2.05) is 36.6 Å². The molecule has 0 aliphatic heterocycles. The van der Waals surface area contributed by atoms with Crippen LogP contribution in [0.15, 0.2) is 65.7 Å². The molecule has 1 aromatic heterocycles. The zero-order valence-electron chi connectivity index (χ0n) is 16.4. The van der Waals surface area contributed by atoms with Gasteiger partial charge < -0.3 is 10.4 Å². The average Bonchev–Trinajstić information content (AvgIpc) is 2.76. The van der Waals surface area contributed by atoms with E-state index in [2.05, 4.69) is 15.3 Å². The predicted octanol–water partition coefficient (Wildman–Crippen LogP) is 5.51. The Morgan fingerprint density at radius 1 is 1.10 bits per heavy atom. The number of nitrogens with zero attached hydrogens (tertiary/aromatic N) is 3. The van der Waals surface area contributed by atoms with Crippen molar-refractivity contribution in [3.63, 3.8) is 0 Å². The Morgan fingerprint density at radius 3 is 2.48 bits per heavy atom. The van der Waals surface area contributed by atoms with Crippen molar-refractivity contribution in [2.24, 2.45) is 0 Å².